The number of nitrogens with zero attached hydrogens (tertiary/aromatic N) is 5. The first-order valence-electron chi connectivity index (χ1n) is 14.0. The molecular formula is C30H36N6O2. The van der Waals surface area contributed by atoms with Crippen LogP contribution in [0.2, 0.25) is 0 Å². The molecule has 38 heavy (non-hydrogen) atoms. The van der Waals surface area contributed by atoms with Crippen molar-refractivity contribution >= 4 is 10.9 Å². The predicted octanol–water partition coefficient (Wildman–Crippen LogP) is 4.41. The number of pyridine rings is 1. The number of rotatable bonds is 7. The molecule has 0 bridgehead atoms. The zero-order valence-electron chi connectivity index (χ0n) is 22.3. The monoisotopic (exact) mass is 512 g/mol. The van der Waals surface area contributed by atoms with E-state index in [1.165, 1.54) is 37.7 Å². The first kappa shape index (κ1) is 23.9. The number of nitrogens with one attached hydrogen (secondary N) is 1. The minimum atomic E-state index is -0.275. The minimum Gasteiger partial charge on any atom is -0.381 e. The number of H-pyrrole nitrogens is 1. The van der Waals surface area contributed by atoms with Gasteiger partial charge in [-0.25, -0.2) is 0 Å². The van der Waals surface area contributed by atoms with Gasteiger partial charge in [-0.1, -0.05) is 18.6 Å². The van der Waals surface area contributed by atoms with Gasteiger partial charge >= 0.3 is 0 Å². The predicted molar refractivity (Wildman–Crippen MR) is 147 cm³/mol. The van der Waals surface area contributed by atoms with Crippen molar-refractivity contribution in [2.24, 2.45) is 7.05 Å². The highest BCUT2D eigenvalue weighted by molar-refractivity contribution is 5.84. The average molecular weight is 513 g/mol. The molecule has 1 saturated heterocycles. The Hall–Kier alpha value is -3.23. The van der Waals surface area contributed by atoms with Crippen molar-refractivity contribution in [1.29, 1.82) is 0 Å². The Morgan fingerprint density at radius 1 is 1.13 bits per heavy atom. The van der Waals surface area contributed by atoms with E-state index in [1.807, 2.05) is 22.2 Å². The number of aromatic nitrogens is 5. The quantitative estimate of drug-likeness (QED) is 0.397. The lowest BCUT2D eigenvalue weighted by Crippen LogP contribution is -2.48. The van der Waals surface area contributed by atoms with E-state index in [0.29, 0.717) is 5.92 Å². The molecule has 7 rings (SSSR count). The molecular weight excluding hydrogens is 476 g/mol. The molecule has 3 aromatic heterocycles. The number of aromatic amines is 1. The number of likely N-dealkylation sites (tertiary alicyclic amines) is 1. The van der Waals surface area contributed by atoms with Crippen molar-refractivity contribution in [3.63, 3.8) is 0 Å². The summed E-state index contributed by atoms with van der Waals surface area (Å²) in [6, 6.07) is 10.7. The SMILES string of the molecule is COC1CC(c2cccc(-n3cc(C4CC4)c4cc(CN5CCCCC5)[nH]c4c3=O)c2)(c2nncn2C)C1. The van der Waals surface area contributed by atoms with E-state index in [2.05, 4.69) is 50.5 Å². The van der Waals surface area contributed by atoms with Crippen LogP contribution in [0.5, 0.6) is 0 Å². The zero-order chi connectivity index (χ0) is 25.9. The van der Waals surface area contributed by atoms with Crippen molar-refractivity contribution in [2.75, 3.05) is 20.2 Å². The van der Waals surface area contributed by atoms with Gasteiger partial charge in [0.2, 0.25) is 0 Å². The highest BCUT2D eigenvalue weighted by Gasteiger charge is 2.50. The maximum atomic E-state index is 13.9. The van der Waals surface area contributed by atoms with Crippen LogP contribution in [-0.4, -0.2) is 55.5 Å². The molecule has 4 heterocycles. The molecule has 198 valence electrons. The van der Waals surface area contributed by atoms with Crippen LogP contribution < -0.4 is 5.56 Å². The molecule has 3 fully saturated rings. The lowest BCUT2D eigenvalue weighted by Gasteiger charge is -2.46. The Bertz CT molecular complexity index is 1530. The number of fused-ring (bicyclic) bond motifs is 1. The van der Waals surface area contributed by atoms with Gasteiger partial charge in [0.25, 0.3) is 5.56 Å². The van der Waals surface area contributed by atoms with E-state index >= 15 is 0 Å². The van der Waals surface area contributed by atoms with Gasteiger partial charge < -0.3 is 14.3 Å². The second-order valence-electron chi connectivity index (χ2n) is 11.6. The lowest BCUT2D eigenvalue weighted by molar-refractivity contribution is -0.00696. The van der Waals surface area contributed by atoms with Crippen molar-refractivity contribution in [3.8, 4) is 5.69 Å². The first-order chi connectivity index (χ1) is 18.6. The molecule has 1 aromatic carbocycles. The number of piperidine rings is 1. The Kier molecular flexibility index (Phi) is 5.78. The third-order valence-corrected chi connectivity index (χ3v) is 9.05. The smallest absolute Gasteiger partial charge is 0.279 e. The van der Waals surface area contributed by atoms with Gasteiger partial charge in [0.15, 0.2) is 0 Å². The minimum absolute atomic E-state index is 0.0162. The molecule has 8 heteroatoms. The number of hydrogen-bond donors (Lipinski definition) is 1. The molecule has 4 aromatic rings. The summed E-state index contributed by atoms with van der Waals surface area (Å²) in [7, 11) is 3.76. The Balaban J connectivity index is 1.31. The normalized spacial score (nSPS) is 24.1. The van der Waals surface area contributed by atoms with Crippen LogP contribution in [0.4, 0.5) is 0 Å². The van der Waals surface area contributed by atoms with Gasteiger partial charge in [0.1, 0.15) is 17.7 Å². The summed E-state index contributed by atoms with van der Waals surface area (Å²) >= 11 is 0. The fourth-order valence-corrected chi connectivity index (χ4v) is 6.75. The summed E-state index contributed by atoms with van der Waals surface area (Å²) in [5.74, 6) is 1.47. The fourth-order valence-electron chi connectivity index (χ4n) is 6.75. The van der Waals surface area contributed by atoms with Gasteiger partial charge in [0.05, 0.1) is 11.5 Å². The number of benzene rings is 1. The molecule has 0 unspecified atom stereocenters. The van der Waals surface area contributed by atoms with Crippen LogP contribution in [0.15, 0.2) is 47.7 Å². The summed E-state index contributed by atoms with van der Waals surface area (Å²) in [5.41, 5.74) is 4.96. The van der Waals surface area contributed by atoms with Crippen LogP contribution in [0, 0.1) is 0 Å². The van der Waals surface area contributed by atoms with Crippen molar-refractivity contribution in [2.45, 2.75) is 68.9 Å². The summed E-state index contributed by atoms with van der Waals surface area (Å²) < 4.78 is 9.53. The number of hydrogen-bond acceptors (Lipinski definition) is 5. The zero-order valence-corrected chi connectivity index (χ0v) is 22.3. The molecule has 8 nitrogen and oxygen atoms in total. The maximum Gasteiger partial charge on any atom is 0.279 e. The molecule has 0 radical (unpaired) electrons. The van der Waals surface area contributed by atoms with Gasteiger partial charge in [-0.05, 0) is 86.9 Å². The largest absolute Gasteiger partial charge is 0.381 e. The molecule has 1 aliphatic heterocycles. The van der Waals surface area contributed by atoms with E-state index in [-0.39, 0.29) is 17.1 Å². The third kappa shape index (κ3) is 3.93. The van der Waals surface area contributed by atoms with Crippen molar-refractivity contribution in [1.82, 2.24) is 29.2 Å². The number of methoxy groups -OCH3 is 1. The number of aryl methyl sites for hydroxylation is 1. The summed E-state index contributed by atoms with van der Waals surface area (Å²) in [5, 5.41) is 9.76. The van der Waals surface area contributed by atoms with E-state index < -0.39 is 0 Å². The fraction of sp³-hybridized carbons (Fsp3) is 0.500. The molecule has 0 amide bonds. The highest BCUT2D eigenvalue weighted by Crippen LogP contribution is 2.49. The Morgan fingerprint density at radius 3 is 2.66 bits per heavy atom. The average Bonchev–Trinajstić information content (AvgIpc) is 3.53. The van der Waals surface area contributed by atoms with Gasteiger partial charge in [0, 0.05) is 43.7 Å². The first-order valence-corrected chi connectivity index (χ1v) is 14.0. The Morgan fingerprint density at radius 2 is 1.95 bits per heavy atom. The standard InChI is InChI=1S/C30H36N6O2/c1-34-19-31-33-29(34)30(15-24(16-30)38-2)21-7-6-8-23(13-21)36-18-26(20-9-10-20)25-14-22(32-27(25)28(36)37)17-35-11-4-3-5-12-35/h6-8,13-14,18-20,24,32H,3-5,9-12,15-17H2,1-2H3. The van der Waals surface area contributed by atoms with E-state index in [0.717, 1.165) is 66.1 Å². The molecule has 2 aliphatic carbocycles. The van der Waals surface area contributed by atoms with Gasteiger partial charge in [-0.2, -0.15) is 0 Å². The van der Waals surface area contributed by atoms with Crippen LogP contribution in [0.1, 0.15) is 73.5 Å². The summed E-state index contributed by atoms with van der Waals surface area (Å²) in [6.07, 6.45) is 12.0. The van der Waals surface area contributed by atoms with Crippen LogP contribution in [0.3, 0.4) is 0 Å². The molecule has 0 spiro atoms. The summed E-state index contributed by atoms with van der Waals surface area (Å²) in [6.45, 7) is 3.16. The van der Waals surface area contributed by atoms with Gasteiger partial charge in [-0.15, -0.1) is 10.2 Å². The second-order valence-corrected chi connectivity index (χ2v) is 11.6. The maximum absolute atomic E-state index is 13.9. The highest BCUT2D eigenvalue weighted by atomic mass is 16.5. The van der Waals surface area contributed by atoms with E-state index in [9.17, 15) is 4.79 Å². The van der Waals surface area contributed by atoms with E-state index in [1.54, 1.807) is 13.4 Å². The Labute approximate surface area is 222 Å². The van der Waals surface area contributed by atoms with Crippen LogP contribution in [0.25, 0.3) is 16.6 Å². The molecule has 2 saturated carbocycles. The second kappa shape index (κ2) is 9.20. The van der Waals surface area contributed by atoms with Crippen LogP contribution in [-0.2, 0) is 23.7 Å². The topological polar surface area (TPSA) is 81.0 Å². The third-order valence-electron chi connectivity index (χ3n) is 9.05. The van der Waals surface area contributed by atoms with E-state index in [4.69, 9.17) is 4.74 Å². The molecule has 1 N–H and O–H groups in total. The molecule has 0 atom stereocenters. The van der Waals surface area contributed by atoms with Crippen molar-refractivity contribution < 1.29 is 4.74 Å². The van der Waals surface area contributed by atoms with Crippen LogP contribution >= 0.6 is 0 Å². The summed E-state index contributed by atoms with van der Waals surface area (Å²) in [4.78, 5) is 20.0. The van der Waals surface area contributed by atoms with Crippen molar-refractivity contribution in [3.05, 3.63) is 75.9 Å². The lowest BCUT2D eigenvalue weighted by atomic mass is 9.62. The van der Waals surface area contributed by atoms with Gasteiger partial charge in [-0.3, -0.25) is 14.3 Å². The molecule has 3 aliphatic rings. The number of ether oxygens (including phenoxy) is 1.